The Hall–Kier alpha value is -1.46. The maximum atomic E-state index is 11.2. The van der Waals surface area contributed by atoms with E-state index in [0.717, 1.165) is 12.0 Å². The van der Waals surface area contributed by atoms with E-state index in [1.165, 1.54) is 7.11 Å². The third-order valence-corrected chi connectivity index (χ3v) is 4.44. The van der Waals surface area contributed by atoms with Crippen LogP contribution in [0, 0.1) is 11.8 Å². The van der Waals surface area contributed by atoms with Crippen LogP contribution in [-0.2, 0) is 14.3 Å². The van der Waals surface area contributed by atoms with Gasteiger partial charge in [0.05, 0.1) is 18.8 Å². The molecule has 0 amide bonds. The van der Waals surface area contributed by atoms with E-state index in [0.29, 0.717) is 18.8 Å². The minimum absolute atomic E-state index is 0.163. The van der Waals surface area contributed by atoms with Crippen molar-refractivity contribution < 1.29 is 24.5 Å². The third-order valence-electron chi connectivity index (χ3n) is 4.44. The number of rotatable bonds is 12. The second-order valence-electron chi connectivity index (χ2n) is 7.73. The van der Waals surface area contributed by atoms with E-state index in [1.807, 2.05) is 13.0 Å². The second-order valence-corrected chi connectivity index (χ2v) is 7.73. The van der Waals surface area contributed by atoms with Crippen molar-refractivity contribution >= 4 is 11.8 Å². The number of esters is 1. The molecule has 26 heavy (non-hydrogen) atoms. The molecule has 0 heterocycles. The lowest BCUT2D eigenvalue weighted by molar-refractivity contribution is -0.140. The van der Waals surface area contributed by atoms with Crippen LogP contribution in [0.5, 0.6) is 0 Å². The van der Waals surface area contributed by atoms with Crippen molar-refractivity contribution in [3.8, 4) is 0 Å². The first-order valence-corrected chi connectivity index (χ1v) is 9.30. The lowest BCUT2D eigenvalue weighted by Gasteiger charge is -2.24. The molecule has 5 nitrogen and oxygen atoms in total. The molecule has 0 spiro atoms. The summed E-state index contributed by atoms with van der Waals surface area (Å²) in [6.45, 7) is 9.26. The highest BCUT2D eigenvalue weighted by Crippen LogP contribution is 2.23. The second kappa shape index (κ2) is 12.0. The Morgan fingerprint density at radius 1 is 1.15 bits per heavy atom. The summed E-state index contributed by atoms with van der Waals surface area (Å²) in [6, 6.07) is 0. The van der Waals surface area contributed by atoms with Gasteiger partial charge in [0.2, 0.25) is 0 Å². The van der Waals surface area contributed by atoms with Crippen LogP contribution in [0.1, 0.15) is 66.7 Å². The van der Waals surface area contributed by atoms with Crippen molar-refractivity contribution in [2.75, 3.05) is 7.11 Å². The van der Waals surface area contributed by atoms with Crippen LogP contribution >= 0.6 is 0 Å². The van der Waals surface area contributed by atoms with Crippen molar-refractivity contribution in [1.82, 2.24) is 0 Å². The quantitative estimate of drug-likeness (QED) is 0.406. The van der Waals surface area contributed by atoms with Crippen LogP contribution in [-0.4, -0.2) is 40.8 Å². The number of ether oxygens (including phenoxy) is 1. The minimum Gasteiger partial charge on any atom is -0.469 e. The molecule has 0 radical (unpaired) electrons. The van der Waals surface area contributed by atoms with Gasteiger partial charge in [-0.15, -0.1) is 0 Å². The Balaban J connectivity index is 4.72. The molecule has 0 aromatic rings. The van der Waals surface area contributed by atoms with Crippen molar-refractivity contribution in [2.45, 2.75) is 78.4 Å². The van der Waals surface area contributed by atoms with E-state index >= 15 is 0 Å². The summed E-state index contributed by atoms with van der Waals surface area (Å²) in [6.07, 6.45) is 6.78. The molecule has 0 aromatic heterocycles. The van der Waals surface area contributed by atoms with Crippen LogP contribution < -0.4 is 0 Å². The van der Waals surface area contributed by atoms with E-state index in [-0.39, 0.29) is 30.5 Å². The van der Waals surface area contributed by atoms with Gasteiger partial charge in [-0.05, 0) is 45.4 Å². The van der Waals surface area contributed by atoms with Crippen molar-refractivity contribution in [1.29, 1.82) is 0 Å². The highest BCUT2D eigenvalue weighted by molar-refractivity contribution is 5.75. The molecule has 0 aliphatic rings. The highest BCUT2D eigenvalue weighted by Gasteiger charge is 2.22. The fourth-order valence-electron chi connectivity index (χ4n) is 2.72. The topological polar surface area (TPSA) is 83.8 Å². The van der Waals surface area contributed by atoms with Gasteiger partial charge in [-0.25, -0.2) is 0 Å². The standard InChI is InChI=1S/C21H36O5/c1-15(2)18(9-8-17(4)22)11-12-21(5,25)14-19(23)13-16(3)7-10-20(24)26-6/h11-13,15,18-19,23,25H,7-10,14H2,1-6H3/b12-11+,16-13+/t18-,19+,21-/m1/s1. The van der Waals surface area contributed by atoms with Gasteiger partial charge in [-0.3, -0.25) is 4.79 Å². The first-order chi connectivity index (χ1) is 12.0. The molecule has 0 aliphatic carbocycles. The summed E-state index contributed by atoms with van der Waals surface area (Å²) in [7, 11) is 1.35. The van der Waals surface area contributed by atoms with E-state index in [2.05, 4.69) is 18.6 Å². The monoisotopic (exact) mass is 368 g/mol. The molecule has 0 aromatic carbocycles. The van der Waals surface area contributed by atoms with Crippen LogP contribution in [0.15, 0.2) is 23.8 Å². The molecule has 0 saturated carbocycles. The zero-order valence-electron chi connectivity index (χ0n) is 17.1. The fraction of sp³-hybridized carbons (Fsp3) is 0.714. The average Bonchev–Trinajstić information content (AvgIpc) is 2.50. The van der Waals surface area contributed by atoms with Gasteiger partial charge in [0.15, 0.2) is 0 Å². The summed E-state index contributed by atoms with van der Waals surface area (Å²) < 4.78 is 4.60. The van der Waals surface area contributed by atoms with Gasteiger partial charge in [0.1, 0.15) is 5.78 Å². The Bertz CT molecular complexity index is 503. The zero-order valence-corrected chi connectivity index (χ0v) is 17.1. The largest absolute Gasteiger partial charge is 0.469 e. The van der Waals surface area contributed by atoms with Gasteiger partial charge in [-0.2, -0.15) is 0 Å². The number of carbonyl (C=O) groups is 2. The highest BCUT2D eigenvalue weighted by atomic mass is 16.5. The number of carbonyl (C=O) groups excluding carboxylic acids is 2. The lowest BCUT2D eigenvalue weighted by atomic mass is 9.87. The predicted molar refractivity (Wildman–Crippen MR) is 104 cm³/mol. The van der Waals surface area contributed by atoms with E-state index in [1.54, 1.807) is 26.0 Å². The number of ketones is 1. The van der Waals surface area contributed by atoms with E-state index in [9.17, 15) is 19.8 Å². The van der Waals surface area contributed by atoms with Crippen molar-refractivity contribution in [2.24, 2.45) is 11.8 Å². The first kappa shape index (κ1) is 24.5. The van der Waals surface area contributed by atoms with Gasteiger partial charge < -0.3 is 19.7 Å². The number of Topliss-reactive ketones (excluding diaryl/α,β-unsaturated/α-hetero) is 1. The summed E-state index contributed by atoms with van der Waals surface area (Å²) in [5.41, 5.74) is -0.272. The van der Waals surface area contributed by atoms with Crippen LogP contribution in [0.3, 0.4) is 0 Å². The summed E-state index contributed by atoms with van der Waals surface area (Å²) in [4.78, 5) is 22.3. The summed E-state index contributed by atoms with van der Waals surface area (Å²) in [5, 5.41) is 20.7. The molecule has 3 atom stereocenters. The number of allylic oxidation sites excluding steroid dienone is 2. The van der Waals surface area contributed by atoms with Crippen LogP contribution in [0.25, 0.3) is 0 Å². The number of aliphatic hydroxyl groups excluding tert-OH is 1. The molecular weight excluding hydrogens is 332 g/mol. The Kier molecular flexibility index (Phi) is 11.3. The smallest absolute Gasteiger partial charge is 0.305 e. The Labute approximate surface area is 158 Å². The van der Waals surface area contributed by atoms with Gasteiger partial charge >= 0.3 is 5.97 Å². The summed E-state index contributed by atoms with van der Waals surface area (Å²) in [5.74, 6) is 0.456. The maximum absolute atomic E-state index is 11.2. The van der Waals surface area contributed by atoms with Crippen LogP contribution in [0.4, 0.5) is 0 Å². The SMILES string of the molecule is COC(=O)CC/C(C)=C/[C@H](O)C[C@](C)(O)/C=C/[C@@H](CCC(C)=O)C(C)C. The van der Waals surface area contributed by atoms with E-state index < -0.39 is 11.7 Å². The van der Waals surface area contributed by atoms with Gasteiger partial charge in [-0.1, -0.05) is 37.6 Å². The summed E-state index contributed by atoms with van der Waals surface area (Å²) >= 11 is 0. The molecule has 0 rings (SSSR count). The zero-order chi connectivity index (χ0) is 20.3. The first-order valence-electron chi connectivity index (χ1n) is 9.30. The molecule has 5 heteroatoms. The number of methoxy groups -OCH3 is 1. The van der Waals surface area contributed by atoms with Gasteiger partial charge in [0.25, 0.3) is 0 Å². The number of aliphatic hydroxyl groups is 2. The molecule has 0 fully saturated rings. The molecule has 0 bridgehead atoms. The molecule has 0 saturated heterocycles. The minimum atomic E-state index is -1.15. The Morgan fingerprint density at radius 2 is 1.77 bits per heavy atom. The maximum Gasteiger partial charge on any atom is 0.305 e. The third kappa shape index (κ3) is 12.0. The van der Waals surface area contributed by atoms with E-state index in [4.69, 9.17) is 0 Å². The normalized spacial score (nSPS) is 17.2. The molecule has 150 valence electrons. The van der Waals surface area contributed by atoms with Crippen molar-refractivity contribution in [3.63, 3.8) is 0 Å². The average molecular weight is 369 g/mol. The molecule has 0 aliphatic heterocycles. The van der Waals surface area contributed by atoms with Crippen molar-refractivity contribution in [3.05, 3.63) is 23.8 Å². The Morgan fingerprint density at radius 3 is 2.27 bits per heavy atom. The molecule has 2 N–H and O–H groups in total. The molecular formula is C21H36O5. The fourth-order valence-corrected chi connectivity index (χ4v) is 2.72. The van der Waals surface area contributed by atoms with Gasteiger partial charge in [0, 0.05) is 19.3 Å². The molecule has 0 unspecified atom stereocenters. The number of hydrogen-bond acceptors (Lipinski definition) is 5. The van der Waals surface area contributed by atoms with Crippen LogP contribution in [0.2, 0.25) is 0 Å². The predicted octanol–water partition coefficient (Wildman–Crippen LogP) is 3.59. The number of hydrogen-bond donors (Lipinski definition) is 2. The lowest BCUT2D eigenvalue weighted by Crippen LogP contribution is -2.27.